The van der Waals surface area contributed by atoms with E-state index in [-0.39, 0.29) is 5.91 Å². The van der Waals surface area contributed by atoms with Crippen LogP contribution in [0.15, 0.2) is 29.3 Å². The molecule has 1 aliphatic carbocycles. The standard InChI is InChI=1S/C19H24N2O2S/c1-3-23-16-8-9-17-14(11-16)10-13(2)19(21-17)24-12-18(22)20-15-6-4-5-7-15/h8-11,15H,3-7,12H2,1-2H3,(H,20,22). The first kappa shape index (κ1) is 17.1. The molecule has 1 fully saturated rings. The summed E-state index contributed by atoms with van der Waals surface area (Å²) in [6, 6.07) is 8.42. The van der Waals surface area contributed by atoms with E-state index in [9.17, 15) is 4.79 Å². The van der Waals surface area contributed by atoms with Gasteiger partial charge in [-0.1, -0.05) is 24.6 Å². The van der Waals surface area contributed by atoms with Crippen LogP contribution >= 0.6 is 11.8 Å². The molecule has 0 bridgehead atoms. The van der Waals surface area contributed by atoms with Gasteiger partial charge >= 0.3 is 0 Å². The minimum atomic E-state index is 0.111. The van der Waals surface area contributed by atoms with Gasteiger partial charge in [-0.2, -0.15) is 0 Å². The van der Waals surface area contributed by atoms with Crippen molar-refractivity contribution >= 4 is 28.6 Å². The number of amides is 1. The molecule has 2 aromatic rings. The molecule has 0 atom stereocenters. The largest absolute Gasteiger partial charge is 0.494 e. The first-order chi connectivity index (χ1) is 11.7. The Morgan fingerprint density at radius 2 is 2.12 bits per heavy atom. The molecule has 1 heterocycles. The van der Waals surface area contributed by atoms with Crippen LogP contribution in [0.3, 0.4) is 0 Å². The lowest BCUT2D eigenvalue weighted by molar-refractivity contribution is -0.119. The van der Waals surface area contributed by atoms with E-state index >= 15 is 0 Å². The number of aromatic nitrogens is 1. The van der Waals surface area contributed by atoms with Crippen molar-refractivity contribution < 1.29 is 9.53 Å². The van der Waals surface area contributed by atoms with E-state index in [1.807, 2.05) is 32.0 Å². The fourth-order valence-electron chi connectivity index (χ4n) is 3.12. The van der Waals surface area contributed by atoms with Crippen LogP contribution < -0.4 is 10.1 Å². The van der Waals surface area contributed by atoms with E-state index in [2.05, 4.69) is 11.4 Å². The molecular weight excluding hydrogens is 320 g/mol. The smallest absolute Gasteiger partial charge is 0.230 e. The lowest BCUT2D eigenvalue weighted by Gasteiger charge is -2.12. The Morgan fingerprint density at radius 1 is 1.33 bits per heavy atom. The van der Waals surface area contributed by atoms with Crippen molar-refractivity contribution in [3.8, 4) is 5.75 Å². The lowest BCUT2D eigenvalue weighted by Crippen LogP contribution is -2.33. The van der Waals surface area contributed by atoms with Crippen LogP contribution in [0.5, 0.6) is 5.75 Å². The molecule has 0 unspecified atom stereocenters. The molecule has 24 heavy (non-hydrogen) atoms. The summed E-state index contributed by atoms with van der Waals surface area (Å²) in [7, 11) is 0. The number of hydrogen-bond acceptors (Lipinski definition) is 4. The number of carbonyl (C=O) groups is 1. The Bertz CT molecular complexity index is 727. The number of carbonyl (C=O) groups excluding carboxylic acids is 1. The molecule has 1 aromatic carbocycles. The number of aryl methyl sites for hydroxylation is 1. The summed E-state index contributed by atoms with van der Waals surface area (Å²) < 4.78 is 5.54. The van der Waals surface area contributed by atoms with E-state index in [1.165, 1.54) is 24.6 Å². The minimum absolute atomic E-state index is 0.111. The maximum absolute atomic E-state index is 12.1. The number of ether oxygens (including phenoxy) is 1. The highest BCUT2D eigenvalue weighted by Gasteiger charge is 2.17. The molecule has 0 spiro atoms. The van der Waals surface area contributed by atoms with E-state index < -0.39 is 0 Å². The molecule has 0 saturated heterocycles. The van der Waals surface area contributed by atoms with E-state index in [0.717, 1.165) is 40.1 Å². The predicted molar refractivity (Wildman–Crippen MR) is 98.8 cm³/mol. The molecule has 1 N–H and O–H groups in total. The molecule has 1 aromatic heterocycles. The van der Waals surface area contributed by atoms with Crippen LogP contribution in [0.1, 0.15) is 38.2 Å². The highest BCUT2D eigenvalue weighted by Crippen LogP contribution is 2.27. The summed E-state index contributed by atoms with van der Waals surface area (Å²) in [6.45, 7) is 4.67. The number of nitrogens with one attached hydrogen (secondary N) is 1. The zero-order valence-corrected chi connectivity index (χ0v) is 15.1. The maximum atomic E-state index is 12.1. The van der Waals surface area contributed by atoms with Gasteiger partial charge in [0, 0.05) is 11.4 Å². The second kappa shape index (κ2) is 7.88. The second-order valence-electron chi connectivity index (χ2n) is 6.24. The molecule has 0 aliphatic heterocycles. The van der Waals surface area contributed by atoms with Crippen molar-refractivity contribution in [2.45, 2.75) is 50.6 Å². The maximum Gasteiger partial charge on any atom is 0.230 e. The third-order valence-electron chi connectivity index (χ3n) is 4.30. The van der Waals surface area contributed by atoms with Crippen LogP contribution in [0.2, 0.25) is 0 Å². The van der Waals surface area contributed by atoms with E-state index in [0.29, 0.717) is 18.4 Å². The number of rotatable bonds is 6. The third kappa shape index (κ3) is 4.20. The van der Waals surface area contributed by atoms with Crippen molar-refractivity contribution in [2.75, 3.05) is 12.4 Å². The summed E-state index contributed by atoms with van der Waals surface area (Å²) in [5, 5.41) is 5.12. The van der Waals surface area contributed by atoms with Crippen LogP contribution in [-0.4, -0.2) is 29.3 Å². The van der Waals surface area contributed by atoms with Crippen LogP contribution in [0, 0.1) is 6.92 Å². The highest BCUT2D eigenvalue weighted by molar-refractivity contribution is 7.99. The molecule has 1 saturated carbocycles. The number of benzene rings is 1. The van der Waals surface area contributed by atoms with Crippen LogP contribution in [0.25, 0.3) is 10.9 Å². The van der Waals surface area contributed by atoms with Gasteiger partial charge in [-0.25, -0.2) is 4.98 Å². The van der Waals surface area contributed by atoms with Crippen molar-refractivity contribution in [3.63, 3.8) is 0 Å². The van der Waals surface area contributed by atoms with Gasteiger partial charge in [-0.15, -0.1) is 0 Å². The van der Waals surface area contributed by atoms with Gasteiger partial charge < -0.3 is 10.1 Å². The SMILES string of the molecule is CCOc1ccc2nc(SCC(=O)NC3CCCC3)c(C)cc2c1. The molecular formula is C19H24N2O2S. The average Bonchev–Trinajstić information content (AvgIpc) is 3.06. The first-order valence-corrected chi connectivity index (χ1v) is 9.60. The summed E-state index contributed by atoms with van der Waals surface area (Å²) >= 11 is 1.51. The fourth-order valence-corrected chi connectivity index (χ4v) is 3.92. The fraction of sp³-hybridized carbons (Fsp3) is 0.474. The van der Waals surface area contributed by atoms with Crippen molar-refractivity contribution in [3.05, 3.63) is 29.8 Å². The summed E-state index contributed by atoms with van der Waals surface area (Å²) in [6.07, 6.45) is 4.69. The lowest BCUT2D eigenvalue weighted by atomic mass is 10.1. The quantitative estimate of drug-likeness (QED) is 0.802. The topological polar surface area (TPSA) is 51.2 Å². The first-order valence-electron chi connectivity index (χ1n) is 8.62. The highest BCUT2D eigenvalue weighted by atomic mass is 32.2. The Labute approximate surface area is 147 Å². The Hall–Kier alpha value is -1.75. The van der Waals surface area contributed by atoms with Crippen molar-refractivity contribution in [1.29, 1.82) is 0 Å². The normalized spacial score (nSPS) is 14.9. The minimum Gasteiger partial charge on any atom is -0.494 e. The van der Waals surface area contributed by atoms with Gasteiger partial charge in [0.2, 0.25) is 5.91 Å². The van der Waals surface area contributed by atoms with Crippen molar-refractivity contribution in [1.82, 2.24) is 10.3 Å². The molecule has 1 aliphatic rings. The van der Waals surface area contributed by atoms with Gasteiger partial charge in [-0.3, -0.25) is 4.79 Å². The summed E-state index contributed by atoms with van der Waals surface area (Å²) in [5.41, 5.74) is 2.03. The Balaban J connectivity index is 1.66. The number of nitrogens with zero attached hydrogens (tertiary/aromatic N) is 1. The number of pyridine rings is 1. The molecule has 4 nitrogen and oxygen atoms in total. The Kier molecular flexibility index (Phi) is 5.61. The predicted octanol–water partition coefficient (Wildman–Crippen LogP) is 4.09. The van der Waals surface area contributed by atoms with Crippen LogP contribution in [0.4, 0.5) is 0 Å². The van der Waals surface area contributed by atoms with Gasteiger partial charge in [0.1, 0.15) is 10.8 Å². The number of hydrogen-bond donors (Lipinski definition) is 1. The zero-order valence-electron chi connectivity index (χ0n) is 14.3. The van der Waals surface area contributed by atoms with E-state index in [1.54, 1.807) is 0 Å². The molecule has 0 radical (unpaired) electrons. The third-order valence-corrected chi connectivity index (χ3v) is 5.39. The van der Waals surface area contributed by atoms with Crippen LogP contribution in [-0.2, 0) is 4.79 Å². The van der Waals surface area contributed by atoms with Gasteiger partial charge in [0.15, 0.2) is 0 Å². The number of fused-ring (bicyclic) bond motifs is 1. The molecule has 128 valence electrons. The van der Waals surface area contributed by atoms with E-state index in [4.69, 9.17) is 9.72 Å². The summed E-state index contributed by atoms with van der Waals surface area (Å²) in [5.74, 6) is 1.40. The molecule has 1 amide bonds. The Morgan fingerprint density at radius 3 is 2.88 bits per heavy atom. The van der Waals surface area contributed by atoms with Gasteiger partial charge in [0.25, 0.3) is 0 Å². The molecule has 5 heteroatoms. The van der Waals surface area contributed by atoms with Gasteiger partial charge in [-0.05, 0) is 56.5 Å². The van der Waals surface area contributed by atoms with Gasteiger partial charge in [0.05, 0.1) is 17.9 Å². The summed E-state index contributed by atoms with van der Waals surface area (Å²) in [4.78, 5) is 16.8. The second-order valence-corrected chi connectivity index (χ2v) is 7.20. The number of thioether (sulfide) groups is 1. The zero-order chi connectivity index (χ0) is 16.9. The van der Waals surface area contributed by atoms with Crippen molar-refractivity contribution in [2.24, 2.45) is 0 Å². The monoisotopic (exact) mass is 344 g/mol. The average molecular weight is 344 g/mol. The molecule has 3 rings (SSSR count).